The van der Waals surface area contributed by atoms with Gasteiger partial charge in [-0.1, -0.05) is 60.7 Å². The van der Waals surface area contributed by atoms with E-state index in [0.29, 0.717) is 13.0 Å². The third-order valence-corrected chi connectivity index (χ3v) is 4.21. The molecule has 5 heteroatoms. The average molecular weight is 354 g/mol. The summed E-state index contributed by atoms with van der Waals surface area (Å²) in [6.45, 7) is 4.04. The largest absolute Gasteiger partial charge is 0.444 e. The third kappa shape index (κ3) is 5.62. The molecular formula is C21H26N2O3. The second kappa shape index (κ2) is 8.52. The van der Waals surface area contributed by atoms with Gasteiger partial charge in [-0.05, 0) is 25.0 Å². The van der Waals surface area contributed by atoms with Gasteiger partial charge in [0.2, 0.25) is 5.91 Å². The number of rotatable bonds is 7. The number of carbonyl (C=O) groups is 2. The molecule has 0 aromatic heterocycles. The number of ether oxygens (including phenoxy) is 1. The molecule has 2 N–H and O–H groups in total. The van der Waals surface area contributed by atoms with Crippen molar-refractivity contribution in [2.75, 3.05) is 7.05 Å². The number of hydrogen-bond acceptors (Lipinski definition) is 3. The zero-order chi connectivity index (χ0) is 19.2. The molecule has 0 radical (unpaired) electrons. The van der Waals surface area contributed by atoms with Crippen molar-refractivity contribution in [3.8, 4) is 0 Å². The molecule has 2 aromatic carbocycles. The first-order valence-corrected chi connectivity index (χ1v) is 8.61. The van der Waals surface area contributed by atoms with E-state index in [4.69, 9.17) is 10.5 Å². The summed E-state index contributed by atoms with van der Waals surface area (Å²) >= 11 is 0. The van der Waals surface area contributed by atoms with Gasteiger partial charge in [-0.2, -0.15) is 0 Å². The molecule has 0 spiro atoms. The highest BCUT2D eigenvalue weighted by Gasteiger charge is 2.33. The van der Waals surface area contributed by atoms with Crippen LogP contribution in [-0.4, -0.2) is 29.5 Å². The maximum Gasteiger partial charge on any atom is 0.405 e. The predicted octanol–water partition coefficient (Wildman–Crippen LogP) is 3.69. The van der Waals surface area contributed by atoms with Crippen LogP contribution in [0.25, 0.3) is 0 Å². The molecule has 0 heterocycles. The van der Waals surface area contributed by atoms with Crippen molar-refractivity contribution in [3.63, 3.8) is 0 Å². The summed E-state index contributed by atoms with van der Waals surface area (Å²) in [5, 5.41) is 0. The maximum atomic E-state index is 13.2. The SMILES string of the molecule is CN(Cc1ccccc1)C(=O)[C@@H](CC(C)(C)OC(N)=O)c1ccccc1. The van der Waals surface area contributed by atoms with Gasteiger partial charge in [0.25, 0.3) is 0 Å². The van der Waals surface area contributed by atoms with E-state index in [1.807, 2.05) is 60.7 Å². The third-order valence-electron chi connectivity index (χ3n) is 4.21. The number of hydrogen-bond donors (Lipinski definition) is 1. The van der Waals surface area contributed by atoms with Gasteiger partial charge < -0.3 is 15.4 Å². The second-order valence-electron chi connectivity index (χ2n) is 7.03. The Morgan fingerprint density at radius 3 is 2.12 bits per heavy atom. The lowest BCUT2D eigenvalue weighted by molar-refractivity contribution is -0.133. The Morgan fingerprint density at radius 1 is 1.04 bits per heavy atom. The lowest BCUT2D eigenvalue weighted by Gasteiger charge is -2.31. The standard InChI is InChI=1S/C21H26N2O3/c1-21(2,26-20(22)25)14-18(17-12-8-5-9-13-17)19(24)23(3)15-16-10-6-4-7-11-16/h4-13,18H,14-15H2,1-3H3,(H2,22,25)/t18-/m0/s1. The minimum Gasteiger partial charge on any atom is -0.444 e. The smallest absolute Gasteiger partial charge is 0.405 e. The Hall–Kier alpha value is -2.82. The van der Waals surface area contributed by atoms with Crippen molar-refractivity contribution in [2.45, 2.75) is 38.3 Å². The summed E-state index contributed by atoms with van der Waals surface area (Å²) in [6.07, 6.45) is -0.496. The minimum atomic E-state index is -0.852. The predicted molar refractivity (Wildman–Crippen MR) is 101 cm³/mol. The van der Waals surface area contributed by atoms with Gasteiger partial charge in [-0.3, -0.25) is 4.79 Å². The van der Waals surface area contributed by atoms with Crippen LogP contribution in [0.3, 0.4) is 0 Å². The highest BCUT2D eigenvalue weighted by molar-refractivity contribution is 5.83. The zero-order valence-corrected chi connectivity index (χ0v) is 15.5. The van der Waals surface area contributed by atoms with E-state index in [1.54, 1.807) is 25.8 Å². The van der Waals surface area contributed by atoms with Crippen LogP contribution in [0.4, 0.5) is 4.79 Å². The Kier molecular flexibility index (Phi) is 6.39. The lowest BCUT2D eigenvalue weighted by atomic mass is 9.86. The molecule has 0 unspecified atom stereocenters. The Balaban J connectivity index is 2.22. The summed E-state index contributed by atoms with van der Waals surface area (Å²) in [5.41, 5.74) is 6.27. The van der Waals surface area contributed by atoms with E-state index in [1.165, 1.54) is 0 Å². The van der Waals surface area contributed by atoms with Gasteiger partial charge in [-0.15, -0.1) is 0 Å². The van der Waals surface area contributed by atoms with Gasteiger partial charge in [-0.25, -0.2) is 4.79 Å². The molecular weight excluding hydrogens is 328 g/mol. The minimum absolute atomic E-state index is 0.0267. The fourth-order valence-corrected chi connectivity index (χ4v) is 3.04. The monoisotopic (exact) mass is 354 g/mol. The number of nitrogens with zero attached hydrogens (tertiary/aromatic N) is 1. The van der Waals surface area contributed by atoms with Crippen LogP contribution in [-0.2, 0) is 16.1 Å². The molecule has 138 valence electrons. The molecule has 0 aliphatic heterocycles. The van der Waals surface area contributed by atoms with Crippen LogP contribution in [0.1, 0.15) is 37.3 Å². The number of carbonyl (C=O) groups excluding carboxylic acids is 2. The van der Waals surface area contributed by atoms with Crippen molar-refractivity contribution in [3.05, 3.63) is 71.8 Å². The van der Waals surface area contributed by atoms with Crippen LogP contribution in [0, 0.1) is 0 Å². The van der Waals surface area contributed by atoms with Gasteiger partial charge in [0.15, 0.2) is 0 Å². The van der Waals surface area contributed by atoms with Crippen molar-refractivity contribution in [2.24, 2.45) is 5.73 Å². The molecule has 2 amide bonds. The molecule has 0 saturated heterocycles. The molecule has 2 rings (SSSR count). The van der Waals surface area contributed by atoms with E-state index < -0.39 is 17.6 Å². The quantitative estimate of drug-likeness (QED) is 0.824. The number of nitrogens with two attached hydrogens (primary N) is 1. The van der Waals surface area contributed by atoms with Crippen LogP contribution in [0.2, 0.25) is 0 Å². The second-order valence-corrected chi connectivity index (χ2v) is 7.03. The summed E-state index contributed by atoms with van der Waals surface area (Å²) in [5.74, 6) is -0.458. The molecule has 2 aromatic rings. The summed E-state index contributed by atoms with van der Waals surface area (Å²) < 4.78 is 5.21. The van der Waals surface area contributed by atoms with E-state index in [2.05, 4.69) is 0 Å². The maximum absolute atomic E-state index is 13.2. The molecule has 0 aliphatic carbocycles. The van der Waals surface area contributed by atoms with Gasteiger partial charge >= 0.3 is 6.09 Å². The highest BCUT2D eigenvalue weighted by atomic mass is 16.6. The molecule has 0 aliphatic rings. The van der Waals surface area contributed by atoms with Gasteiger partial charge in [0, 0.05) is 20.0 Å². The van der Waals surface area contributed by atoms with E-state index in [-0.39, 0.29) is 5.91 Å². The number of amides is 2. The number of primary amides is 1. The van der Waals surface area contributed by atoms with Crippen molar-refractivity contribution in [1.29, 1.82) is 0 Å². The van der Waals surface area contributed by atoms with E-state index >= 15 is 0 Å². The summed E-state index contributed by atoms with van der Waals surface area (Å²) in [6, 6.07) is 19.4. The fourth-order valence-electron chi connectivity index (χ4n) is 3.04. The van der Waals surface area contributed by atoms with Crippen molar-refractivity contribution < 1.29 is 14.3 Å². The average Bonchev–Trinajstić information content (AvgIpc) is 2.59. The fraction of sp³-hybridized carbons (Fsp3) is 0.333. The normalized spacial score (nSPS) is 12.3. The number of benzene rings is 2. The van der Waals surface area contributed by atoms with Crippen LogP contribution >= 0.6 is 0 Å². The molecule has 1 atom stereocenters. The first kappa shape index (κ1) is 19.5. The molecule has 26 heavy (non-hydrogen) atoms. The summed E-state index contributed by atoms with van der Waals surface area (Å²) in [4.78, 5) is 26.0. The van der Waals surface area contributed by atoms with Gasteiger partial charge in [0.05, 0.1) is 5.92 Å². The Morgan fingerprint density at radius 2 is 1.58 bits per heavy atom. The summed E-state index contributed by atoms with van der Waals surface area (Å²) in [7, 11) is 1.78. The Bertz CT molecular complexity index is 729. The lowest BCUT2D eigenvalue weighted by Crippen LogP contribution is -2.38. The van der Waals surface area contributed by atoms with E-state index in [0.717, 1.165) is 11.1 Å². The Labute approximate surface area is 154 Å². The molecule has 0 bridgehead atoms. The molecule has 0 fully saturated rings. The van der Waals surface area contributed by atoms with Crippen LogP contribution < -0.4 is 5.73 Å². The zero-order valence-electron chi connectivity index (χ0n) is 15.5. The van der Waals surface area contributed by atoms with Crippen molar-refractivity contribution in [1.82, 2.24) is 4.90 Å². The molecule has 0 saturated carbocycles. The first-order chi connectivity index (χ1) is 12.3. The van der Waals surface area contributed by atoms with E-state index in [9.17, 15) is 9.59 Å². The van der Waals surface area contributed by atoms with Crippen LogP contribution in [0.15, 0.2) is 60.7 Å². The molecule has 5 nitrogen and oxygen atoms in total. The highest BCUT2D eigenvalue weighted by Crippen LogP contribution is 2.30. The first-order valence-electron chi connectivity index (χ1n) is 8.61. The van der Waals surface area contributed by atoms with Crippen LogP contribution in [0.5, 0.6) is 0 Å². The number of likely N-dealkylation sites (N-methyl/N-ethyl adjacent to an activating group) is 1. The van der Waals surface area contributed by atoms with Crippen molar-refractivity contribution >= 4 is 12.0 Å². The van der Waals surface area contributed by atoms with Gasteiger partial charge in [0.1, 0.15) is 5.60 Å². The topological polar surface area (TPSA) is 72.6 Å².